The lowest BCUT2D eigenvalue weighted by atomic mass is 10.0. The van der Waals surface area contributed by atoms with Gasteiger partial charge in [-0.1, -0.05) is 127 Å². The molecule has 4 aromatic heterocycles. The van der Waals surface area contributed by atoms with Gasteiger partial charge in [0.25, 0.3) is 0 Å². The minimum atomic E-state index is 0.543. The Morgan fingerprint density at radius 1 is 0.351 bits per heavy atom. The summed E-state index contributed by atoms with van der Waals surface area (Å²) < 4.78 is 15.4. The third-order valence-electron chi connectivity index (χ3n) is 11.1. The topological polar surface area (TPSA) is 69.9 Å². The van der Waals surface area contributed by atoms with E-state index in [0.717, 1.165) is 93.6 Å². The lowest BCUT2D eigenvalue weighted by Gasteiger charge is -2.13. The molecule has 6 nitrogen and oxygen atoms in total. The van der Waals surface area contributed by atoms with Crippen LogP contribution in [0.15, 0.2) is 191 Å². The Morgan fingerprint density at radius 2 is 0.982 bits per heavy atom. The molecule has 0 fully saturated rings. The molecule has 0 saturated carbocycles. The first-order valence-corrected chi connectivity index (χ1v) is 19.0. The number of hydrogen-bond acceptors (Lipinski definition) is 5. The summed E-state index contributed by atoms with van der Waals surface area (Å²) in [5.41, 5.74) is 11.2. The summed E-state index contributed by atoms with van der Waals surface area (Å²) in [4.78, 5) is 15.6. The van der Waals surface area contributed by atoms with Gasteiger partial charge in [-0.15, -0.1) is 0 Å². The van der Waals surface area contributed by atoms with Gasteiger partial charge < -0.3 is 13.4 Å². The summed E-state index contributed by atoms with van der Waals surface area (Å²) in [7, 11) is 0. The zero-order valence-corrected chi connectivity index (χ0v) is 30.4. The number of para-hydroxylation sites is 4. The van der Waals surface area contributed by atoms with E-state index in [1.165, 1.54) is 5.56 Å². The summed E-state index contributed by atoms with van der Waals surface area (Å²) in [6.07, 6.45) is 0. The third kappa shape index (κ3) is 4.94. The van der Waals surface area contributed by atoms with E-state index >= 15 is 0 Å². The van der Waals surface area contributed by atoms with E-state index in [1.807, 2.05) is 66.7 Å². The number of aromatic nitrogens is 4. The Hall–Kier alpha value is -7.83. The van der Waals surface area contributed by atoms with Crippen molar-refractivity contribution in [1.29, 1.82) is 0 Å². The summed E-state index contributed by atoms with van der Waals surface area (Å²) in [6.45, 7) is 0. The first kappa shape index (κ1) is 31.5. The minimum absolute atomic E-state index is 0.543. The maximum absolute atomic E-state index is 6.55. The molecular weight excluding hydrogens is 701 g/mol. The molecule has 57 heavy (non-hydrogen) atoms. The number of hydrogen-bond donors (Lipinski definition) is 0. The zero-order chi connectivity index (χ0) is 37.5. The molecule has 6 heteroatoms. The van der Waals surface area contributed by atoms with Crippen molar-refractivity contribution in [3.8, 4) is 51.0 Å². The van der Waals surface area contributed by atoms with Crippen molar-refractivity contribution in [3.05, 3.63) is 182 Å². The molecule has 4 heterocycles. The van der Waals surface area contributed by atoms with Crippen molar-refractivity contribution < 1.29 is 8.83 Å². The standard InChI is InChI=1S/C51H30N4O2/c1-3-13-31(14-4-1)33-25-28-45-42(29-33)37-27-26-34(30-46(37)56-45)55-43-23-9-7-17-35(43)38-19-11-21-40(47(38)55)50-52-49(32-15-5-2-6-16-32)53-51(54-50)41-22-12-20-39-36-18-8-10-24-44(36)57-48(39)41/h1-30H. The summed E-state index contributed by atoms with van der Waals surface area (Å²) >= 11 is 0. The molecule has 0 bridgehead atoms. The van der Waals surface area contributed by atoms with Crippen molar-refractivity contribution in [2.45, 2.75) is 0 Å². The smallest absolute Gasteiger partial charge is 0.167 e. The van der Waals surface area contributed by atoms with E-state index in [-0.39, 0.29) is 0 Å². The minimum Gasteiger partial charge on any atom is -0.456 e. The van der Waals surface area contributed by atoms with Crippen LogP contribution >= 0.6 is 0 Å². The summed E-state index contributed by atoms with van der Waals surface area (Å²) in [6, 6.07) is 62.7. The Bertz CT molecular complexity index is 3530. The predicted molar refractivity (Wildman–Crippen MR) is 230 cm³/mol. The van der Waals surface area contributed by atoms with Crippen LogP contribution in [-0.4, -0.2) is 19.5 Å². The highest BCUT2D eigenvalue weighted by Gasteiger charge is 2.22. The van der Waals surface area contributed by atoms with Crippen LogP contribution in [0.3, 0.4) is 0 Å². The molecule has 0 saturated heterocycles. The van der Waals surface area contributed by atoms with Crippen LogP contribution in [0.25, 0.3) is 117 Å². The van der Waals surface area contributed by atoms with Gasteiger partial charge in [0.2, 0.25) is 0 Å². The van der Waals surface area contributed by atoms with Gasteiger partial charge in [-0.05, 0) is 59.7 Å². The molecule has 0 radical (unpaired) electrons. The molecular formula is C51H30N4O2. The van der Waals surface area contributed by atoms with Crippen molar-refractivity contribution in [2.75, 3.05) is 0 Å². The van der Waals surface area contributed by atoms with Gasteiger partial charge in [0.05, 0.1) is 16.6 Å². The number of fused-ring (bicyclic) bond motifs is 9. The highest BCUT2D eigenvalue weighted by molar-refractivity contribution is 6.14. The maximum Gasteiger partial charge on any atom is 0.167 e. The van der Waals surface area contributed by atoms with Crippen LogP contribution in [-0.2, 0) is 0 Å². The Kier molecular flexibility index (Phi) is 6.83. The molecule has 0 spiro atoms. The van der Waals surface area contributed by atoms with Gasteiger partial charge >= 0.3 is 0 Å². The number of furan rings is 2. The van der Waals surface area contributed by atoms with E-state index in [0.29, 0.717) is 17.5 Å². The maximum atomic E-state index is 6.55. The monoisotopic (exact) mass is 730 g/mol. The van der Waals surface area contributed by atoms with E-state index < -0.39 is 0 Å². The largest absolute Gasteiger partial charge is 0.456 e. The normalized spacial score (nSPS) is 11.9. The van der Waals surface area contributed by atoms with E-state index in [4.69, 9.17) is 23.8 Å². The second kappa shape index (κ2) is 12.3. The highest BCUT2D eigenvalue weighted by Crippen LogP contribution is 2.41. The van der Waals surface area contributed by atoms with Gasteiger partial charge in [-0.3, -0.25) is 0 Å². The summed E-state index contributed by atoms with van der Waals surface area (Å²) in [5, 5.41) is 6.47. The van der Waals surface area contributed by atoms with Gasteiger partial charge in [-0.2, -0.15) is 0 Å². The number of rotatable bonds is 5. The van der Waals surface area contributed by atoms with Crippen LogP contribution in [0.2, 0.25) is 0 Å². The second-order valence-electron chi connectivity index (χ2n) is 14.4. The van der Waals surface area contributed by atoms with Gasteiger partial charge in [0.1, 0.15) is 22.3 Å². The molecule has 0 aliphatic rings. The van der Waals surface area contributed by atoms with E-state index in [9.17, 15) is 0 Å². The van der Waals surface area contributed by atoms with Crippen molar-refractivity contribution in [2.24, 2.45) is 0 Å². The molecule has 8 aromatic carbocycles. The first-order chi connectivity index (χ1) is 28.2. The van der Waals surface area contributed by atoms with Crippen molar-refractivity contribution in [1.82, 2.24) is 19.5 Å². The molecule has 0 aliphatic heterocycles. The molecule has 0 aliphatic carbocycles. The Labute approximate surface area is 325 Å². The van der Waals surface area contributed by atoms with E-state index in [1.54, 1.807) is 0 Å². The number of benzene rings is 8. The zero-order valence-electron chi connectivity index (χ0n) is 30.4. The highest BCUT2D eigenvalue weighted by atomic mass is 16.3. The van der Waals surface area contributed by atoms with Gasteiger partial charge in [-0.25, -0.2) is 15.0 Å². The van der Waals surface area contributed by atoms with Crippen LogP contribution in [0.5, 0.6) is 0 Å². The molecule has 266 valence electrons. The molecule has 0 unspecified atom stereocenters. The van der Waals surface area contributed by atoms with Crippen LogP contribution in [0.1, 0.15) is 0 Å². The fourth-order valence-corrected chi connectivity index (χ4v) is 8.44. The summed E-state index contributed by atoms with van der Waals surface area (Å²) in [5.74, 6) is 1.70. The van der Waals surface area contributed by atoms with Crippen molar-refractivity contribution >= 4 is 65.7 Å². The fourth-order valence-electron chi connectivity index (χ4n) is 8.44. The molecule has 0 amide bonds. The van der Waals surface area contributed by atoms with E-state index in [2.05, 4.69) is 120 Å². The van der Waals surface area contributed by atoms with Gasteiger partial charge in [0.15, 0.2) is 17.5 Å². The second-order valence-corrected chi connectivity index (χ2v) is 14.4. The van der Waals surface area contributed by atoms with Crippen LogP contribution < -0.4 is 0 Å². The van der Waals surface area contributed by atoms with Crippen LogP contribution in [0.4, 0.5) is 0 Å². The van der Waals surface area contributed by atoms with Crippen LogP contribution in [0, 0.1) is 0 Å². The number of nitrogens with zero attached hydrogens (tertiary/aromatic N) is 4. The van der Waals surface area contributed by atoms with Crippen molar-refractivity contribution in [3.63, 3.8) is 0 Å². The Morgan fingerprint density at radius 3 is 1.82 bits per heavy atom. The third-order valence-corrected chi connectivity index (χ3v) is 11.1. The molecule has 0 atom stereocenters. The molecule has 12 rings (SSSR count). The lowest BCUT2D eigenvalue weighted by Crippen LogP contribution is -2.02. The lowest BCUT2D eigenvalue weighted by molar-refractivity contribution is 0.668. The SMILES string of the molecule is c1ccc(-c2ccc3oc4cc(-n5c6ccccc6c6cccc(-c7nc(-c8ccccc8)nc(-c8cccc9c8oc8ccccc89)n7)c65)ccc4c3c2)cc1. The first-order valence-electron chi connectivity index (χ1n) is 19.0. The Balaban J connectivity index is 1.10. The molecule has 0 N–H and O–H groups in total. The predicted octanol–water partition coefficient (Wildman–Crippen LogP) is 13.4. The average Bonchev–Trinajstić information content (AvgIpc) is 3.96. The quantitative estimate of drug-likeness (QED) is 0.176. The average molecular weight is 731 g/mol. The molecule has 12 aromatic rings. The van der Waals surface area contributed by atoms with Gasteiger partial charge in [0, 0.05) is 55.2 Å². The fraction of sp³-hybridized carbons (Fsp3) is 0.